The van der Waals surface area contributed by atoms with E-state index in [0.29, 0.717) is 24.7 Å². The number of nitrogens with one attached hydrogen (secondary N) is 1. The number of hydrogen-bond donors (Lipinski definition) is 2. The topological polar surface area (TPSA) is 67.8 Å². The van der Waals surface area contributed by atoms with Gasteiger partial charge in [0.1, 0.15) is 0 Å². The van der Waals surface area contributed by atoms with Crippen molar-refractivity contribution in [1.29, 1.82) is 0 Å². The normalized spacial score (nSPS) is 29.9. The van der Waals surface area contributed by atoms with Gasteiger partial charge in [0, 0.05) is 31.1 Å². The van der Waals surface area contributed by atoms with Crippen molar-refractivity contribution in [2.24, 2.45) is 17.8 Å². The highest BCUT2D eigenvalue weighted by atomic mass is 16.7. The van der Waals surface area contributed by atoms with E-state index >= 15 is 0 Å². The first-order valence-electron chi connectivity index (χ1n) is 13.8. The molecule has 3 aliphatic carbocycles. The minimum atomic E-state index is -0.517. The van der Waals surface area contributed by atoms with Crippen LogP contribution in [0.4, 0.5) is 0 Å². The van der Waals surface area contributed by atoms with E-state index in [-0.39, 0.29) is 30.4 Å². The lowest BCUT2D eigenvalue weighted by atomic mass is 9.78. The number of carbonyl (C=O) groups is 1. The number of allylic oxidation sites excluding steroid dienone is 1. The van der Waals surface area contributed by atoms with Gasteiger partial charge in [0.15, 0.2) is 5.76 Å². The van der Waals surface area contributed by atoms with Gasteiger partial charge in [0.05, 0.1) is 0 Å². The Hall–Kier alpha value is -2.63. The third-order valence-electron chi connectivity index (χ3n) is 8.94. The number of fused-ring (bicyclic) bond motifs is 5. The van der Waals surface area contributed by atoms with Crippen molar-refractivity contribution in [3.8, 4) is 11.1 Å². The van der Waals surface area contributed by atoms with Crippen molar-refractivity contribution >= 4 is 5.91 Å². The molecule has 1 aliphatic heterocycles. The highest BCUT2D eigenvalue weighted by Gasteiger charge is 2.43. The fourth-order valence-electron chi connectivity index (χ4n) is 7.28. The van der Waals surface area contributed by atoms with Crippen LogP contribution in [0.15, 0.2) is 54.3 Å². The third kappa shape index (κ3) is 4.26. The van der Waals surface area contributed by atoms with Gasteiger partial charge in [-0.3, -0.25) is 4.79 Å². The van der Waals surface area contributed by atoms with Gasteiger partial charge in [0.2, 0.25) is 6.29 Å². The van der Waals surface area contributed by atoms with Crippen molar-refractivity contribution in [3.05, 3.63) is 71.0 Å². The number of amides is 1. The molecule has 2 bridgehead atoms. The molecule has 36 heavy (non-hydrogen) atoms. The van der Waals surface area contributed by atoms with E-state index in [4.69, 9.17) is 9.47 Å². The zero-order chi connectivity index (χ0) is 24.6. The molecule has 1 heterocycles. The first kappa shape index (κ1) is 23.7. The minimum Gasteiger partial charge on any atom is -0.459 e. The maximum absolute atomic E-state index is 13.5. The van der Waals surface area contributed by atoms with E-state index in [1.54, 1.807) is 0 Å². The number of aliphatic hydroxyl groups is 1. The molecule has 5 nitrogen and oxygen atoms in total. The zero-order valence-corrected chi connectivity index (χ0v) is 21.1. The summed E-state index contributed by atoms with van der Waals surface area (Å²) in [6.45, 7) is 2.60. The third-order valence-corrected chi connectivity index (χ3v) is 8.94. The fraction of sp³-hybridized carbons (Fsp3) is 0.516. The average molecular weight is 488 g/mol. The fourth-order valence-corrected chi connectivity index (χ4v) is 7.28. The van der Waals surface area contributed by atoms with Crippen molar-refractivity contribution in [2.45, 2.75) is 70.1 Å². The maximum atomic E-state index is 13.5. The smallest absolute Gasteiger partial charge is 0.286 e. The van der Waals surface area contributed by atoms with Gasteiger partial charge >= 0.3 is 0 Å². The van der Waals surface area contributed by atoms with Crippen LogP contribution in [0.1, 0.15) is 68.1 Å². The monoisotopic (exact) mass is 487 g/mol. The molecule has 1 amide bonds. The van der Waals surface area contributed by atoms with Crippen LogP contribution in [-0.2, 0) is 20.7 Å². The number of carbonyl (C=O) groups excluding carboxylic acids is 1. The molecule has 2 saturated carbocycles. The van der Waals surface area contributed by atoms with Crippen molar-refractivity contribution in [1.82, 2.24) is 5.32 Å². The van der Waals surface area contributed by atoms with Crippen LogP contribution in [0.5, 0.6) is 0 Å². The zero-order valence-electron chi connectivity index (χ0n) is 21.1. The van der Waals surface area contributed by atoms with E-state index in [1.807, 2.05) is 13.0 Å². The Kier molecular flexibility index (Phi) is 6.61. The Morgan fingerprint density at radius 3 is 2.75 bits per heavy atom. The summed E-state index contributed by atoms with van der Waals surface area (Å²) in [6.07, 6.45) is 8.71. The van der Waals surface area contributed by atoms with Gasteiger partial charge in [-0.05, 0) is 91.2 Å². The molecule has 190 valence electrons. The Labute approximate surface area is 213 Å². The van der Waals surface area contributed by atoms with Crippen LogP contribution in [0.3, 0.4) is 0 Å². The molecule has 0 spiro atoms. The molecule has 2 aromatic rings. The molecule has 6 rings (SSSR count). The van der Waals surface area contributed by atoms with Crippen LogP contribution in [-0.4, -0.2) is 36.6 Å². The highest BCUT2D eigenvalue weighted by Crippen LogP contribution is 2.47. The first-order valence-corrected chi connectivity index (χ1v) is 13.8. The molecule has 0 radical (unpaired) electrons. The Morgan fingerprint density at radius 1 is 1.11 bits per heavy atom. The Morgan fingerprint density at radius 2 is 1.97 bits per heavy atom. The summed E-state index contributed by atoms with van der Waals surface area (Å²) in [5.41, 5.74) is 6.50. The van der Waals surface area contributed by atoms with Crippen LogP contribution in [0, 0.1) is 17.8 Å². The van der Waals surface area contributed by atoms with Gasteiger partial charge < -0.3 is 19.9 Å². The van der Waals surface area contributed by atoms with Gasteiger partial charge in [-0.25, -0.2) is 0 Å². The summed E-state index contributed by atoms with van der Waals surface area (Å²) in [4.78, 5) is 13.5. The molecule has 2 fully saturated rings. The first-order chi connectivity index (χ1) is 17.7. The predicted octanol–water partition coefficient (Wildman–Crippen LogP) is 5.31. The minimum absolute atomic E-state index is 0.0198. The van der Waals surface area contributed by atoms with Crippen LogP contribution in [0.25, 0.3) is 11.1 Å². The largest absolute Gasteiger partial charge is 0.459 e. The summed E-state index contributed by atoms with van der Waals surface area (Å²) in [5, 5.41) is 12.9. The maximum Gasteiger partial charge on any atom is 0.286 e. The van der Waals surface area contributed by atoms with E-state index in [2.05, 4.69) is 47.8 Å². The van der Waals surface area contributed by atoms with E-state index < -0.39 is 6.29 Å². The Bertz CT molecular complexity index is 1160. The van der Waals surface area contributed by atoms with Crippen LogP contribution >= 0.6 is 0 Å². The average Bonchev–Trinajstić information content (AvgIpc) is 3.62. The lowest BCUT2D eigenvalue weighted by molar-refractivity contribution is -0.167. The summed E-state index contributed by atoms with van der Waals surface area (Å²) in [5.74, 6) is 1.64. The molecule has 2 N–H and O–H groups in total. The van der Waals surface area contributed by atoms with Crippen LogP contribution in [0.2, 0.25) is 0 Å². The summed E-state index contributed by atoms with van der Waals surface area (Å²) < 4.78 is 12.4. The molecule has 0 saturated heterocycles. The second kappa shape index (κ2) is 10.0. The second-order valence-electron chi connectivity index (χ2n) is 11.0. The predicted molar refractivity (Wildman–Crippen MR) is 139 cm³/mol. The molecule has 4 aliphatic rings. The quantitative estimate of drug-likeness (QED) is 0.452. The Balaban J connectivity index is 1.35. The second-order valence-corrected chi connectivity index (χ2v) is 11.0. The van der Waals surface area contributed by atoms with Gasteiger partial charge in [0.25, 0.3) is 5.91 Å². The SMILES string of the molecule is CCO[C@@H]1OC(C(=O)NC2CC3CCC2C3)=C[C@H](c2cccc3c2Cc2ccccc2-3)[C@@H]1CCCO. The van der Waals surface area contributed by atoms with Gasteiger partial charge in [-0.15, -0.1) is 0 Å². The molecule has 6 atom stereocenters. The number of rotatable bonds is 8. The molecule has 5 heteroatoms. The van der Waals surface area contributed by atoms with Crippen LogP contribution < -0.4 is 5.32 Å². The van der Waals surface area contributed by atoms with Crippen molar-refractivity contribution in [2.75, 3.05) is 13.2 Å². The molecule has 0 aromatic heterocycles. The number of hydrogen-bond acceptors (Lipinski definition) is 4. The lowest BCUT2D eigenvalue weighted by Crippen LogP contribution is -2.43. The van der Waals surface area contributed by atoms with Crippen molar-refractivity contribution < 1.29 is 19.4 Å². The molecule has 3 unspecified atom stereocenters. The summed E-state index contributed by atoms with van der Waals surface area (Å²) in [7, 11) is 0. The number of aliphatic hydroxyl groups excluding tert-OH is 1. The lowest BCUT2D eigenvalue weighted by Gasteiger charge is -2.38. The van der Waals surface area contributed by atoms with Crippen molar-refractivity contribution in [3.63, 3.8) is 0 Å². The number of benzene rings is 2. The highest BCUT2D eigenvalue weighted by molar-refractivity contribution is 5.92. The molecular formula is C31H37NO4. The number of ether oxygens (including phenoxy) is 2. The summed E-state index contributed by atoms with van der Waals surface area (Å²) >= 11 is 0. The molecule has 2 aromatic carbocycles. The summed E-state index contributed by atoms with van der Waals surface area (Å²) in [6, 6.07) is 15.4. The standard InChI is InChI=1S/C31H37NO4/c1-2-35-31-25(11-6-14-33)27(18-29(36-31)30(34)32-28-16-19-12-13-21(28)15-19)24-10-5-9-23-22-8-4-3-7-20(22)17-26(23)24/h3-5,7-10,18-19,21,25,27-28,31,33H,2,6,11-17H2,1H3,(H,32,34)/t19?,21?,25-,27+,28?,31+/m0/s1. The van der Waals surface area contributed by atoms with E-state index in [9.17, 15) is 9.90 Å². The van der Waals surface area contributed by atoms with E-state index in [0.717, 1.165) is 25.2 Å². The van der Waals surface area contributed by atoms with E-state index in [1.165, 1.54) is 47.1 Å². The van der Waals surface area contributed by atoms with Gasteiger partial charge in [-0.1, -0.05) is 48.9 Å². The van der Waals surface area contributed by atoms with Gasteiger partial charge in [-0.2, -0.15) is 0 Å². The molecular weight excluding hydrogens is 450 g/mol.